The summed E-state index contributed by atoms with van der Waals surface area (Å²) in [7, 11) is 1.98. The second kappa shape index (κ2) is 11.0. The highest BCUT2D eigenvalue weighted by atomic mass is 79.9. The second-order valence-electron chi connectivity index (χ2n) is 5.81. The van der Waals surface area contributed by atoms with E-state index in [0.717, 1.165) is 22.2 Å². The van der Waals surface area contributed by atoms with Gasteiger partial charge in [-0.1, -0.05) is 57.5 Å². The zero-order valence-corrected chi connectivity index (χ0v) is 19.8. The summed E-state index contributed by atoms with van der Waals surface area (Å²) in [6.45, 7) is 0. The highest BCUT2D eigenvalue weighted by molar-refractivity contribution is 7.13. The molecule has 9 nitrogen and oxygen atoms in total. The fourth-order valence-corrected chi connectivity index (χ4v) is 3.86. The smallest absolute Gasteiger partial charge is 0.319 e. The van der Waals surface area contributed by atoms with E-state index in [2.05, 4.69) is 60.5 Å². The minimum absolute atomic E-state index is 0. The van der Waals surface area contributed by atoms with E-state index in [1.807, 2.05) is 60.1 Å². The van der Waals surface area contributed by atoms with Crippen LogP contribution in [-0.4, -0.2) is 38.5 Å². The number of halogens is 2. The van der Waals surface area contributed by atoms with Crippen molar-refractivity contribution in [3.8, 4) is 0 Å². The molecular formula is C18H19Br2N9S. The Morgan fingerprint density at radius 3 is 2.23 bits per heavy atom. The monoisotopic (exact) mass is 551 g/mol. The number of nitrogens with zero attached hydrogens (tertiary/aromatic N) is 6. The van der Waals surface area contributed by atoms with Crippen LogP contribution in [0, 0.1) is 0 Å². The van der Waals surface area contributed by atoms with Crippen LogP contribution in [0.25, 0.3) is 0 Å². The van der Waals surface area contributed by atoms with Crippen LogP contribution in [0.2, 0.25) is 0 Å². The number of quaternary nitrogens is 1. The largest absolute Gasteiger partial charge is 1.00 e. The molecule has 2 aromatic carbocycles. The number of amidine groups is 1. The molecule has 156 valence electrons. The van der Waals surface area contributed by atoms with Crippen LogP contribution in [0.15, 0.2) is 83.7 Å². The molecule has 5 rings (SSSR count). The zero-order chi connectivity index (χ0) is 19.2. The van der Waals surface area contributed by atoms with Crippen LogP contribution in [0.1, 0.15) is 5.56 Å². The van der Waals surface area contributed by atoms with Crippen molar-refractivity contribution >= 4 is 28.0 Å². The van der Waals surface area contributed by atoms with E-state index in [1.54, 1.807) is 11.3 Å². The lowest BCUT2D eigenvalue weighted by Crippen LogP contribution is -3.00. The Morgan fingerprint density at radius 2 is 1.70 bits per heavy atom. The molecule has 3 N–H and O–H groups in total. The quantitative estimate of drug-likeness (QED) is 0.254. The van der Waals surface area contributed by atoms with E-state index >= 15 is 0 Å². The minimum Gasteiger partial charge on any atom is -1.00 e. The standard InChI is InChI=1S/C17H16N5S.CH2N4.2BrH/c1-21-20-19-16(14-8-4-2-5-9-14)22(21,17-18-12-13-23-17)15-10-6-3-7-11-15;1-2-4-5-3-1;;/h2-13,20H,1H3;1H,(H,2,3,4,5);2*1H/q+1;;;/p-1. The number of H-pyrrole nitrogens is 2. The van der Waals surface area contributed by atoms with E-state index in [4.69, 9.17) is 0 Å². The molecule has 0 aliphatic carbocycles. The number of hydrogen-bond donors (Lipinski definition) is 2. The van der Waals surface area contributed by atoms with Crippen LogP contribution in [-0.2, 0) is 0 Å². The van der Waals surface area contributed by atoms with Crippen LogP contribution >= 0.6 is 11.3 Å². The topological polar surface area (TPSA) is 96.2 Å². The first-order valence-electron chi connectivity index (χ1n) is 8.54. The van der Waals surface area contributed by atoms with Gasteiger partial charge in [-0.15, -0.1) is 5.10 Å². The van der Waals surface area contributed by atoms with Gasteiger partial charge in [-0.3, -0.25) is 0 Å². The number of thiazole rings is 1. The number of benzene rings is 2. The van der Waals surface area contributed by atoms with Crippen LogP contribution < -0.4 is 49.2 Å². The molecule has 0 radical (unpaired) electrons. The van der Waals surface area contributed by atoms with E-state index in [0.29, 0.717) is 4.59 Å². The summed E-state index contributed by atoms with van der Waals surface area (Å²) in [5, 5.41) is 21.0. The van der Waals surface area contributed by atoms with E-state index in [9.17, 15) is 0 Å². The third kappa shape index (κ3) is 4.47. The number of hydrazone groups is 1. The summed E-state index contributed by atoms with van der Waals surface area (Å²) in [4.78, 5) is 4.60. The van der Waals surface area contributed by atoms with E-state index in [-0.39, 0.29) is 34.0 Å². The van der Waals surface area contributed by atoms with Crippen molar-refractivity contribution < 1.29 is 39.1 Å². The first kappa shape index (κ1) is 23.8. The number of aromatic nitrogens is 5. The number of rotatable bonds is 3. The lowest BCUT2D eigenvalue weighted by Gasteiger charge is -2.33. The Labute approximate surface area is 198 Å². The van der Waals surface area contributed by atoms with Gasteiger partial charge in [0.15, 0.2) is 10.9 Å². The zero-order valence-electron chi connectivity index (χ0n) is 15.9. The fourth-order valence-electron chi connectivity index (χ4n) is 3.03. The van der Waals surface area contributed by atoms with Gasteiger partial charge in [0.05, 0.1) is 12.6 Å². The van der Waals surface area contributed by atoms with Crippen molar-refractivity contribution in [2.45, 2.75) is 0 Å². The van der Waals surface area contributed by atoms with Gasteiger partial charge in [0.1, 0.15) is 5.10 Å². The molecule has 0 amide bonds. The van der Waals surface area contributed by atoms with Crippen molar-refractivity contribution in [2.75, 3.05) is 7.05 Å². The summed E-state index contributed by atoms with van der Waals surface area (Å²) in [6.07, 6.45) is 3.29. The highest BCUT2D eigenvalue weighted by Crippen LogP contribution is 2.41. The maximum absolute atomic E-state index is 4.60. The van der Waals surface area contributed by atoms with Gasteiger partial charge in [-0.25, -0.2) is 0 Å². The molecule has 30 heavy (non-hydrogen) atoms. The molecular weight excluding hydrogens is 534 g/mol. The van der Waals surface area contributed by atoms with Gasteiger partial charge in [-0.05, 0) is 17.3 Å². The summed E-state index contributed by atoms with van der Waals surface area (Å²) in [5.41, 5.74) is 5.25. The van der Waals surface area contributed by atoms with Gasteiger partial charge in [-0.2, -0.15) is 15.6 Å². The summed E-state index contributed by atoms with van der Waals surface area (Å²) < 4.78 is 0.322. The third-order valence-corrected chi connectivity index (χ3v) is 5.05. The van der Waals surface area contributed by atoms with Crippen molar-refractivity contribution in [3.05, 3.63) is 84.1 Å². The van der Waals surface area contributed by atoms with Crippen molar-refractivity contribution in [1.82, 2.24) is 35.8 Å². The molecule has 0 saturated heterocycles. The second-order valence-corrected chi connectivity index (χ2v) is 6.68. The van der Waals surface area contributed by atoms with Crippen LogP contribution in [0.5, 0.6) is 0 Å². The van der Waals surface area contributed by atoms with Crippen molar-refractivity contribution in [3.63, 3.8) is 0 Å². The molecule has 0 bridgehead atoms. The normalized spacial score (nSPS) is 17.4. The Bertz CT molecular complexity index is 997. The molecule has 1 atom stereocenters. The Balaban J connectivity index is 0.000000404. The summed E-state index contributed by atoms with van der Waals surface area (Å²) in [5.74, 6) is 0.897. The van der Waals surface area contributed by atoms with Crippen LogP contribution in [0.4, 0.5) is 10.8 Å². The molecule has 0 fully saturated rings. The fraction of sp³-hybridized carbons (Fsp3) is 0.0556. The van der Waals surface area contributed by atoms with E-state index in [1.165, 1.54) is 6.33 Å². The van der Waals surface area contributed by atoms with Crippen molar-refractivity contribution in [2.24, 2.45) is 5.10 Å². The van der Waals surface area contributed by atoms with Gasteiger partial charge < -0.3 is 34.0 Å². The molecule has 12 heteroatoms. The predicted molar refractivity (Wildman–Crippen MR) is 107 cm³/mol. The molecule has 0 spiro atoms. The summed E-state index contributed by atoms with van der Waals surface area (Å²) in [6, 6.07) is 20.5. The van der Waals surface area contributed by atoms with Gasteiger partial charge >= 0.3 is 5.13 Å². The first-order chi connectivity index (χ1) is 13.8. The average Bonchev–Trinajstić information content (AvgIpc) is 3.52. The third-order valence-electron chi connectivity index (χ3n) is 4.21. The number of hydrogen-bond acceptors (Lipinski definition) is 7. The lowest BCUT2D eigenvalue weighted by atomic mass is 10.1. The van der Waals surface area contributed by atoms with Gasteiger partial charge in [0.2, 0.25) is 0 Å². The van der Waals surface area contributed by atoms with Gasteiger partial charge in [0, 0.05) is 23.7 Å². The molecule has 1 unspecified atom stereocenters. The van der Waals surface area contributed by atoms with Crippen molar-refractivity contribution in [1.29, 1.82) is 0 Å². The Morgan fingerprint density at radius 1 is 1.00 bits per heavy atom. The highest BCUT2D eigenvalue weighted by Gasteiger charge is 2.52. The SMILES string of the molecule is CN1NN=C(c2ccccc2)[N+]1(c1ccccc1)c1nccs1.[Br-].[Br-].c1nn[nH][nH+]1. The molecule has 1 aliphatic heterocycles. The predicted octanol–water partition coefficient (Wildman–Crippen LogP) is -3.86. The first-order valence-corrected chi connectivity index (χ1v) is 9.42. The molecule has 4 aromatic rings. The average molecular weight is 553 g/mol. The van der Waals surface area contributed by atoms with Crippen LogP contribution in [0.3, 0.4) is 0 Å². The number of nitrogens with one attached hydrogen (secondary N) is 3. The molecule has 1 aliphatic rings. The molecule has 0 saturated carbocycles. The summed E-state index contributed by atoms with van der Waals surface area (Å²) >= 11 is 1.61. The Hall–Kier alpha value is -2.51. The minimum atomic E-state index is 0. The number of para-hydroxylation sites is 1. The maximum Gasteiger partial charge on any atom is 0.319 e. The van der Waals surface area contributed by atoms with E-state index < -0.39 is 0 Å². The van der Waals surface area contributed by atoms with Gasteiger partial charge in [0.25, 0.3) is 12.2 Å². The Kier molecular flexibility index (Phi) is 8.74. The molecule has 3 heterocycles. The maximum atomic E-state index is 4.60. The number of aromatic amines is 2. The number of hydrazine groups is 1. The lowest BCUT2D eigenvalue weighted by molar-refractivity contribution is -0.456. The molecule has 2 aromatic heterocycles. The number of tetrazole rings is 1.